The molecule has 0 radical (unpaired) electrons. The Morgan fingerprint density at radius 3 is 1.10 bits per heavy atom. The van der Waals surface area contributed by atoms with E-state index < -0.39 is 0 Å². The molecule has 0 bridgehead atoms. The predicted octanol–water partition coefficient (Wildman–Crippen LogP) is -4.10. The Kier molecular flexibility index (Phi) is 16.9. The van der Waals surface area contributed by atoms with E-state index in [1.807, 2.05) is 0 Å². The summed E-state index contributed by atoms with van der Waals surface area (Å²) in [7, 11) is 7.00. The fraction of sp³-hybridized carbons (Fsp3) is 1.00. The van der Waals surface area contributed by atoms with Crippen LogP contribution in [-0.2, 0) is 0 Å². The molecule has 0 saturated heterocycles. The number of halogens is 2. The van der Waals surface area contributed by atoms with E-state index in [0.717, 1.165) is 0 Å². The van der Waals surface area contributed by atoms with Crippen LogP contribution in [-0.4, -0.2) is 87.4 Å². The molecular formula is C15H37I2N3. The van der Waals surface area contributed by atoms with Gasteiger partial charge in [-0.2, -0.15) is 0 Å². The highest BCUT2D eigenvalue weighted by Gasteiger charge is 2.19. The molecule has 0 aliphatic heterocycles. The minimum absolute atomic E-state index is 0. The highest BCUT2D eigenvalue weighted by molar-refractivity contribution is 4.51. The van der Waals surface area contributed by atoms with Crippen LogP contribution in [0.4, 0.5) is 0 Å². The van der Waals surface area contributed by atoms with E-state index in [4.69, 9.17) is 0 Å². The third-order valence-corrected chi connectivity index (χ3v) is 5.10. The van der Waals surface area contributed by atoms with Crippen LogP contribution in [0.3, 0.4) is 0 Å². The molecule has 0 unspecified atom stereocenters. The van der Waals surface area contributed by atoms with Crippen molar-refractivity contribution in [2.75, 3.05) is 73.5 Å². The fourth-order valence-electron chi connectivity index (χ4n) is 2.02. The van der Waals surface area contributed by atoms with Gasteiger partial charge in [0.05, 0.1) is 53.4 Å². The lowest BCUT2D eigenvalue weighted by Crippen LogP contribution is -3.00. The lowest BCUT2D eigenvalue weighted by Gasteiger charge is -2.36. The Hall–Kier alpha value is 1.34. The first-order valence-corrected chi connectivity index (χ1v) is 7.70. The molecule has 0 aromatic carbocycles. The van der Waals surface area contributed by atoms with Crippen molar-refractivity contribution in [2.24, 2.45) is 0 Å². The molecule has 0 aliphatic rings. The molecular weight excluding hydrogens is 476 g/mol. The van der Waals surface area contributed by atoms with Gasteiger partial charge in [-0.1, -0.05) is 0 Å². The van der Waals surface area contributed by atoms with Gasteiger partial charge in [0.2, 0.25) is 0 Å². The van der Waals surface area contributed by atoms with Gasteiger partial charge >= 0.3 is 0 Å². The molecule has 0 atom stereocenters. The van der Waals surface area contributed by atoms with E-state index >= 15 is 0 Å². The number of hydrogen-bond donors (Lipinski definition) is 0. The maximum absolute atomic E-state index is 2.50. The molecule has 0 N–H and O–H groups in total. The Bertz CT molecular complexity index is 195. The molecule has 5 heteroatoms. The van der Waals surface area contributed by atoms with Gasteiger partial charge in [0, 0.05) is 13.1 Å². The highest BCUT2D eigenvalue weighted by atomic mass is 127. The summed E-state index contributed by atoms with van der Waals surface area (Å²) in [6.45, 7) is 19.1. The lowest BCUT2D eigenvalue weighted by atomic mass is 10.3. The van der Waals surface area contributed by atoms with Crippen LogP contribution in [0, 0.1) is 0 Å². The van der Waals surface area contributed by atoms with Crippen molar-refractivity contribution in [1.82, 2.24) is 4.90 Å². The Balaban J connectivity index is -0.00000144. The molecule has 0 amide bonds. The van der Waals surface area contributed by atoms with E-state index in [2.05, 4.69) is 53.7 Å². The summed E-state index contributed by atoms with van der Waals surface area (Å²) in [5, 5.41) is 0. The highest BCUT2D eigenvalue weighted by Crippen LogP contribution is 2.03. The first-order valence-electron chi connectivity index (χ1n) is 7.70. The summed E-state index contributed by atoms with van der Waals surface area (Å²) in [4.78, 5) is 2.50. The molecule has 0 aromatic heterocycles. The topological polar surface area (TPSA) is 3.24 Å². The SMILES string of the molecule is CC[N+](C)(CC)CCN(C)CC[N+](C)(CC)CC.[I-].[I-]. The Labute approximate surface area is 162 Å². The standard InChI is InChI=1S/C15H37N3.2HI/c1-8-17(6,9-2)14-12-16(5)13-15-18(7,10-3)11-4;;/h8-15H2,1-7H3;2*1H/q+2;;/p-2. The average molecular weight is 513 g/mol. The maximum atomic E-state index is 2.50. The molecule has 0 spiro atoms. The van der Waals surface area contributed by atoms with Gasteiger partial charge in [-0.15, -0.1) is 0 Å². The van der Waals surface area contributed by atoms with Crippen molar-refractivity contribution in [3.63, 3.8) is 0 Å². The molecule has 20 heavy (non-hydrogen) atoms. The zero-order valence-corrected chi connectivity index (χ0v) is 19.1. The van der Waals surface area contributed by atoms with Crippen LogP contribution < -0.4 is 48.0 Å². The monoisotopic (exact) mass is 513 g/mol. The van der Waals surface area contributed by atoms with Crippen molar-refractivity contribution in [3.05, 3.63) is 0 Å². The van der Waals surface area contributed by atoms with Gasteiger partial charge in [-0.3, -0.25) is 4.90 Å². The number of hydrogen-bond acceptors (Lipinski definition) is 1. The molecule has 0 rings (SSSR count). The van der Waals surface area contributed by atoms with Gasteiger partial charge in [-0.25, -0.2) is 0 Å². The zero-order chi connectivity index (χ0) is 14.2. The van der Waals surface area contributed by atoms with E-state index in [-0.39, 0.29) is 48.0 Å². The van der Waals surface area contributed by atoms with Crippen molar-refractivity contribution < 1.29 is 56.9 Å². The van der Waals surface area contributed by atoms with Crippen molar-refractivity contribution in [3.8, 4) is 0 Å². The molecule has 0 aromatic rings. The van der Waals surface area contributed by atoms with Crippen LogP contribution in [0.5, 0.6) is 0 Å². The maximum Gasteiger partial charge on any atom is 0.0913 e. The first kappa shape index (κ1) is 26.2. The van der Waals surface area contributed by atoms with Crippen LogP contribution in [0.25, 0.3) is 0 Å². The average Bonchev–Trinajstić information content (AvgIpc) is 2.42. The summed E-state index contributed by atoms with van der Waals surface area (Å²) < 4.78 is 2.38. The molecule has 3 nitrogen and oxygen atoms in total. The molecule has 0 saturated carbocycles. The van der Waals surface area contributed by atoms with Gasteiger partial charge < -0.3 is 56.9 Å². The second kappa shape index (κ2) is 12.8. The molecule has 0 fully saturated rings. The van der Waals surface area contributed by atoms with E-state index in [1.54, 1.807) is 0 Å². The van der Waals surface area contributed by atoms with Crippen LogP contribution in [0.15, 0.2) is 0 Å². The van der Waals surface area contributed by atoms with Crippen LogP contribution in [0.1, 0.15) is 27.7 Å². The Morgan fingerprint density at radius 2 is 0.900 bits per heavy atom. The molecule has 0 heterocycles. The van der Waals surface area contributed by atoms with Crippen molar-refractivity contribution in [1.29, 1.82) is 0 Å². The summed E-state index contributed by atoms with van der Waals surface area (Å²) >= 11 is 0. The summed E-state index contributed by atoms with van der Waals surface area (Å²) in [5.41, 5.74) is 0. The van der Waals surface area contributed by atoms with Gasteiger partial charge in [-0.05, 0) is 34.7 Å². The summed E-state index contributed by atoms with van der Waals surface area (Å²) in [6, 6.07) is 0. The molecule has 126 valence electrons. The number of quaternary nitrogens is 2. The molecule has 0 aliphatic carbocycles. The normalized spacial score (nSPS) is 12.0. The third kappa shape index (κ3) is 10.1. The fourth-order valence-corrected chi connectivity index (χ4v) is 2.02. The number of likely N-dealkylation sites (N-methyl/N-ethyl adjacent to an activating group) is 3. The van der Waals surface area contributed by atoms with E-state index in [9.17, 15) is 0 Å². The van der Waals surface area contributed by atoms with Gasteiger partial charge in [0.1, 0.15) is 0 Å². The minimum atomic E-state index is 0. The zero-order valence-electron chi connectivity index (χ0n) is 14.8. The summed E-state index contributed by atoms with van der Waals surface area (Å²) in [5.74, 6) is 0. The van der Waals surface area contributed by atoms with E-state index in [1.165, 1.54) is 61.3 Å². The third-order valence-electron chi connectivity index (χ3n) is 5.10. The number of nitrogens with zero attached hydrogens (tertiary/aromatic N) is 3. The van der Waals surface area contributed by atoms with Crippen LogP contribution >= 0.6 is 0 Å². The van der Waals surface area contributed by atoms with Gasteiger partial charge in [0.25, 0.3) is 0 Å². The van der Waals surface area contributed by atoms with E-state index in [0.29, 0.717) is 0 Å². The first-order chi connectivity index (χ1) is 8.34. The lowest BCUT2D eigenvalue weighted by molar-refractivity contribution is -0.908. The Morgan fingerprint density at radius 1 is 0.650 bits per heavy atom. The minimum Gasteiger partial charge on any atom is -1.00 e. The van der Waals surface area contributed by atoms with Gasteiger partial charge in [0.15, 0.2) is 0 Å². The van der Waals surface area contributed by atoms with Crippen molar-refractivity contribution >= 4 is 0 Å². The van der Waals surface area contributed by atoms with Crippen molar-refractivity contribution in [2.45, 2.75) is 27.7 Å². The van der Waals surface area contributed by atoms with Crippen LogP contribution in [0.2, 0.25) is 0 Å². The second-order valence-electron chi connectivity index (χ2n) is 6.25. The number of rotatable bonds is 10. The largest absolute Gasteiger partial charge is 1.00 e. The predicted molar refractivity (Wildman–Crippen MR) is 81.8 cm³/mol. The summed E-state index contributed by atoms with van der Waals surface area (Å²) in [6.07, 6.45) is 0. The second-order valence-corrected chi connectivity index (χ2v) is 6.25. The smallest absolute Gasteiger partial charge is 0.0913 e. The quantitative estimate of drug-likeness (QED) is 0.212.